The second-order valence-corrected chi connectivity index (χ2v) is 5.35. The number of likely N-dealkylation sites (tertiary alicyclic amines) is 1. The lowest BCUT2D eigenvalue weighted by atomic mass is 9.93. The average Bonchev–Trinajstić information content (AvgIpc) is 2.33. The van der Waals surface area contributed by atoms with E-state index in [0.29, 0.717) is 18.1 Å². The van der Waals surface area contributed by atoms with Gasteiger partial charge in [0.15, 0.2) is 0 Å². The predicted octanol–water partition coefficient (Wildman–Crippen LogP) is 3.09. The topological polar surface area (TPSA) is 29.3 Å². The van der Waals surface area contributed by atoms with Gasteiger partial charge in [-0.05, 0) is 43.9 Å². The Morgan fingerprint density at radius 2 is 2.28 bits per heavy atom. The normalized spacial score (nSPS) is 27.1. The van der Waals surface area contributed by atoms with Gasteiger partial charge in [0.25, 0.3) is 0 Å². The van der Waals surface area contributed by atoms with Crippen LogP contribution >= 0.6 is 0 Å². The first-order valence-corrected chi connectivity index (χ1v) is 6.88. The van der Waals surface area contributed by atoms with Crippen molar-refractivity contribution < 1.29 is 4.39 Å². The lowest BCUT2D eigenvalue weighted by Crippen LogP contribution is -2.47. The molecule has 3 heteroatoms. The molecular weight excluding hydrogens is 227 g/mol. The molecule has 100 valence electrons. The summed E-state index contributed by atoms with van der Waals surface area (Å²) in [4.78, 5) is 2.47. The van der Waals surface area contributed by atoms with Crippen molar-refractivity contribution >= 4 is 0 Å². The highest BCUT2D eigenvalue weighted by atomic mass is 19.1. The van der Waals surface area contributed by atoms with E-state index in [0.717, 1.165) is 31.4 Å². The molecule has 2 N–H and O–H groups in total. The largest absolute Gasteiger partial charge is 0.328 e. The minimum absolute atomic E-state index is 0.146. The lowest BCUT2D eigenvalue weighted by molar-refractivity contribution is 0.0927. The molecule has 2 rings (SSSR count). The molecule has 1 aromatic carbocycles. The van der Waals surface area contributed by atoms with Gasteiger partial charge in [0.05, 0.1) is 0 Å². The molecule has 0 aliphatic carbocycles. The number of halogens is 1. The maximum Gasteiger partial charge on any atom is 0.123 e. The van der Waals surface area contributed by atoms with Crippen LogP contribution in [0, 0.1) is 5.82 Å². The summed E-state index contributed by atoms with van der Waals surface area (Å²) in [5.41, 5.74) is 7.09. The predicted molar refractivity (Wildman–Crippen MR) is 72.8 cm³/mol. The number of benzene rings is 1. The van der Waals surface area contributed by atoms with E-state index in [1.165, 1.54) is 6.07 Å². The van der Waals surface area contributed by atoms with Crippen molar-refractivity contribution in [2.24, 2.45) is 5.73 Å². The first-order valence-electron chi connectivity index (χ1n) is 6.88. The average molecular weight is 250 g/mol. The van der Waals surface area contributed by atoms with Gasteiger partial charge in [0, 0.05) is 24.7 Å². The Morgan fingerprint density at radius 3 is 2.89 bits per heavy atom. The van der Waals surface area contributed by atoms with Gasteiger partial charge in [-0.3, -0.25) is 4.90 Å². The molecule has 0 amide bonds. The van der Waals surface area contributed by atoms with Crippen molar-refractivity contribution in [1.82, 2.24) is 4.90 Å². The third-order valence-corrected chi connectivity index (χ3v) is 3.99. The van der Waals surface area contributed by atoms with E-state index in [1.54, 1.807) is 12.1 Å². The highest BCUT2D eigenvalue weighted by Gasteiger charge is 2.29. The molecule has 3 atom stereocenters. The summed E-state index contributed by atoms with van der Waals surface area (Å²) in [6.07, 6.45) is 3.07. The molecule has 0 saturated carbocycles. The minimum atomic E-state index is -0.146. The zero-order chi connectivity index (χ0) is 13.1. The molecule has 1 saturated heterocycles. The van der Waals surface area contributed by atoms with Gasteiger partial charge in [0.2, 0.25) is 0 Å². The third-order valence-electron chi connectivity index (χ3n) is 3.99. The van der Waals surface area contributed by atoms with Crippen LogP contribution in [-0.2, 0) is 0 Å². The molecule has 0 bridgehead atoms. The van der Waals surface area contributed by atoms with E-state index in [4.69, 9.17) is 5.73 Å². The van der Waals surface area contributed by atoms with Crippen LogP contribution in [-0.4, -0.2) is 23.5 Å². The molecule has 1 fully saturated rings. The second kappa shape index (κ2) is 5.81. The number of nitrogens with zero attached hydrogens (tertiary/aromatic N) is 1. The first kappa shape index (κ1) is 13.5. The number of rotatable bonds is 3. The van der Waals surface area contributed by atoms with Gasteiger partial charge in [-0.25, -0.2) is 4.39 Å². The Balaban J connectivity index is 2.18. The standard InChI is InChI=1S/C15H23FN2/c1-3-15(12-5-4-6-13(16)10-12)18-8-7-14(17)9-11(18)2/h4-6,10-11,14-15H,3,7-9,17H2,1-2H3. The fourth-order valence-electron chi connectivity index (χ4n) is 3.07. The van der Waals surface area contributed by atoms with Gasteiger partial charge >= 0.3 is 0 Å². The highest BCUT2D eigenvalue weighted by Crippen LogP contribution is 2.30. The maximum atomic E-state index is 13.4. The van der Waals surface area contributed by atoms with Gasteiger partial charge in [-0.15, -0.1) is 0 Å². The molecule has 1 aliphatic heterocycles. The zero-order valence-corrected chi connectivity index (χ0v) is 11.3. The molecule has 3 unspecified atom stereocenters. The van der Waals surface area contributed by atoms with Crippen LogP contribution in [0.25, 0.3) is 0 Å². The quantitative estimate of drug-likeness (QED) is 0.893. The van der Waals surface area contributed by atoms with E-state index in [-0.39, 0.29) is 5.82 Å². The second-order valence-electron chi connectivity index (χ2n) is 5.35. The third kappa shape index (κ3) is 2.90. The van der Waals surface area contributed by atoms with Crippen molar-refractivity contribution in [3.8, 4) is 0 Å². The summed E-state index contributed by atoms with van der Waals surface area (Å²) in [7, 11) is 0. The molecule has 1 aromatic rings. The summed E-state index contributed by atoms with van der Waals surface area (Å²) >= 11 is 0. The smallest absolute Gasteiger partial charge is 0.123 e. The summed E-state index contributed by atoms with van der Waals surface area (Å²) < 4.78 is 13.4. The summed E-state index contributed by atoms with van der Waals surface area (Å²) in [6.45, 7) is 5.40. The van der Waals surface area contributed by atoms with E-state index < -0.39 is 0 Å². The van der Waals surface area contributed by atoms with Gasteiger partial charge in [-0.1, -0.05) is 19.1 Å². The van der Waals surface area contributed by atoms with Crippen LogP contribution in [0.15, 0.2) is 24.3 Å². The van der Waals surface area contributed by atoms with Gasteiger partial charge in [0.1, 0.15) is 5.82 Å². The molecule has 0 spiro atoms. The van der Waals surface area contributed by atoms with E-state index in [2.05, 4.69) is 18.7 Å². The summed E-state index contributed by atoms with van der Waals surface area (Å²) in [5.74, 6) is -0.146. The van der Waals surface area contributed by atoms with E-state index >= 15 is 0 Å². The maximum absolute atomic E-state index is 13.4. The summed E-state index contributed by atoms with van der Waals surface area (Å²) in [6, 6.07) is 8.10. The molecule has 18 heavy (non-hydrogen) atoms. The van der Waals surface area contributed by atoms with Crippen LogP contribution in [0.4, 0.5) is 4.39 Å². The van der Waals surface area contributed by atoms with Crippen LogP contribution < -0.4 is 5.73 Å². The van der Waals surface area contributed by atoms with Crippen molar-refractivity contribution in [3.05, 3.63) is 35.6 Å². The molecular formula is C15H23FN2. The molecule has 2 nitrogen and oxygen atoms in total. The number of hydrogen-bond donors (Lipinski definition) is 1. The molecule has 1 heterocycles. The number of piperidine rings is 1. The number of nitrogens with two attached hydrogens (primary N) is 1. The SMILES string of the molecule is CCC(c1cccc(F)c1)N1CCC(N)CC1C. The fourth-order valence-corrected chi connectivity index (χ4v) is 3.07. The van der Waals surface area contributed by atoms with Crippen LogP contribution in [0.3, 0.4) is 0 Å². The zero-order valence-electron chi connectivity index (χ0n) is 11.3. The van der Waals surface area contributed by atoms with Crippen LogP contribution in [0.1, 0.15) is 44.7 Å². The van der Waals surface area contributed by atoms with E-state index in [9.17, 15) is 4.39 Å². The Morgan fingerprint density at radius 1 is 1.50 bits per heavy atom. The van der Waals surface area contributed by atoms with Crippen molar-refractivity contribution in [3.63, 3.8) is 0 Å². The van der Waals surface area contributed by atoms with Crippen molar-refractivity contribution in [2.45, 2.75) is 51.2 Å². The van der Waals surface area contributed by atoms with E-state index in [1.807, 2.05) is 6.07 Å². The Kier molecular flexibility index (Phi) is 4.36. The number of hydrogen-bond acceptors (Lipinski definition) is 2. The lowest BCUT2D eigenvalue weighted by Gasteiger charge is -2.41. The fraction of sp³-hybridized carbons (Fsp3) is 0.600. The molecule has 1 aliphatic rings. The van der Waals surface area contributed by atoms with Crippen molar-refractivity contribution in [1.29, 1.82) is 0 Å². The van der Waals surface area contributed by atoms with Crippen LogP contribution in [0.2, 0.25) is 0 Å². The van der Waals surface area contributed by atoms with Crippen LogP contribution in [0.5, 0.6) is 0 Å². The van der Waals surface area contributed by atoms with Gasteiger partial charge in [-0.2, -0.15) is 0 Å². The van der Waals surface area contributed by atoms with Crippen molar-refractivity contribution in [2.75, 3.05) is 6.54 Å². The highest BCUT2D eigenvalue weighted by molar-refractivity contribution is 5.20. The minimum Gasteiger partial charge on any atom is -0.328 e. The Hall–Kier alpha value is -0.930. The Bertz CT molecular complexity index is 394. The molecule has 0 radical (unpaired) electrons. The Labute approximate surface area is 109 Å². The first-order chi connectivity index (χ1) is 8.61. The van der Waals surface area contributed by atoms with Gasteiger partial charge < -0.3 is 5.73 Å². The summed E-state index contributed by atoms with van der Waals surface area (Å²) in [5, 5.41) is 0. The molecule has 0 aromatic heterocycles. The monoisotopic (exact) mass is 250 g/mol.